The molecule has 1 saturated carbocycles. The van der Waals surface area contributed by atoms with Crippen LogP contribution in [-0.2, 0) is 30.8 Å². The fraction of sp³-hybridized carbons (Fsp3) is 0.643. The SMILES string of the molecule is CC(C)(C)C(=O)OCN(C(=O)CCC/C=C\C[C@@H]1[C@@H](/C=C/[C@@H](O)CCc2ccc(Br)s2)[C@H](O)C[C@@H]1O)S(C)(=O)=O. The number of nitrogens with zero attached hydrogens (tertiary/aromatic N) is 1. The van der Waals surface area contributed by atoms with Gasteiger partial charge in [-0.25, -0.2) is 12.7 Å². The van der Waals surface area contributed by atoms with Gasteiger partial charge < -0.3 is 20.1 Å². The highest BCUT2D eigenvalue weighted by Gasteiger charge is 2.39. The highest BCUT2D eigenvalue weighted by atomic mass is 79.9. The minimum Gasteiger partial charge on any atom is -0.443 e. The number of hydrogen-bond donors (Lipinski definition) is 3. The van der Waals surface area contributed by atoms with Crippen LogP contribution in [0.15, 0.2) is 40.2 Å². The smallest absolute Gasteiger partial charge is 0.312 e. The van der Waals surface area contributed by atoms with Crippen LogP contribution in [0.2, 0.25) is 0 Å². The minimum absolute atomic E-state index is 0.0408. The molecule has 9 nitrogen and oxygen atoms in total. The average Bonchev–Trinajstić information content (AvgIpc) is 3.38. The second-order valence-electron chi connectivity index (χ2n) is 11.2. The molecule has 0 spiro atoms. The van der Waals surface area contributed by atoms with Crippen molar-refractivity contribution in [2.45, 2.75) is 84.0 Å². The lowest BCUT2D eigenvalue weighted by molar-refractivity contribution is -0.157. The van der Waals surface area contributed by atoms with Crippen LogP contribution in [0.25, 0.3) is 0 Å². The number of rotatable bonds is 14. The number of sulfonamides is 1. The maximum absolute atomic E-state index is 12.5. The summed E-state index contributed by atoms with van der Waals surface area (Å²) >= 11 is 5.07. The Kier molecular flexibility index (Phi) is 13.5. The summed E-state index contributed by atoms with van der Waals surface area (Å²) < 4.78 is 30.7. The summed E-state index contributed by atoms with van der Waals surface area (Å²) in [6.45, 7) is 4.25. The topological polar surface area (TPSA) is 141 Å². The van der Waals surface area contributed by atoms with Crippen molar-refractivity contribution in [2.24, 2.45) is 17.3 Å². The van der Waals surface area contributed by atoms with E-state index in [2.05, 4.69) is 15.9 Å². The Bertz CT molecular complexity index is 1140. The fourth-order valence-electron chi connectivity index (χ4n) is 4.39. The van der Waals surface area contributed by atoms with Crippen LogP contribution in [0.1, 0.15) is 64.2 Å². The first-order valence-corrected chi connectivity index (χ1v) is 16.8. The molecule has 226 valence electrons. The van der Waals surface area contributed by atoms with E-state index in [1.807, 2.05) is 24.3 Å². The molecule has 12 heteroatoms. The Labute approximate surface area is 250 Å². The normalized spacial score (nSPS) is 22.7. The van der Waals surface area contributed by atoms with Crippen molar-refractivity contribution >= 4 is 49.2 Å². The number of allylic oxidation sites excluding steroid dienone is 2. The number of carbonyl (C=O) groups is 2. The van der Waals surface area contributed by atoms with Crippen molar-refractivity contribution in [1.29, 1.82) is 0 Å². The predicted octanol–water partition coefficient (Wildman–Crippen LogP) is 4.17. The Balaban J connectivity index is 1.82. The van der Waals surface area contributed by atoms with Gasteiger partial charge in [-0.3, -0.25) is 9.59 Å². The molecule has 1 aliphatic carbocycles. The van der Waals surface area contributed by atoms with Crippen LogP contribution < -0.4 is 0 Å². The Morgan fingerprint density at radius 3 is 2.52 bits per heavy atom. The Hall–Kier alpha value is -1.57. The molecule has 0 unspecified atom stereocenters. The van der Waals surface area contributed by atoms with Crippen molar-refractivity contribution in [1.82, 2.24) is 4.31 Å². The van der Waals surface area contributed by atoms with Gasteiger partial charge in [-0.05, 0) is 86.9 Å². The Morgan fingerprint density at radius 2 is 1.93 bits per heavy atom. The van der Waals surface area contributed by atoms with Gasteiger partial charge >= 0.3 is 5.97 Å². The van der Waals surface area contributed by atoms with Gasteiger partial charge in [-0.15, -0.1) is 11.3 Å². The van der Waals surface area contributed by atoms with Gasteiger partial charge in [0.1, 0.15) is 0 Å². The molecular weight excluding hydrogens is 622 g/mol. The van der Waals surface area contributed by atoms with Crippen LogP contribution >= 0.6 is 27.3 Å². The number of esters is 1. The summed E-state index contributed by atoms with van der Waals surface area (Å²) in [5, 5.41) is 31.3. The Morgan fingerprint density at radius 1 is 1.23 bits per heavy atom. The molecule has 1 amide bonds. The summed E-state index contributed by atoms with van der Waals surface area (Å²) in [4.78, 5) is 25.7. The van der Waals surface area contributed by atoms with Crippen LogP contribution in [0.5, 0.6) is 0 Å². The van der Waals surface area contributed by atoms with E-state index in [0.29, 0.717) is 30.0 Å². The van der Waals surface area contributed by atoms with E-state index in [9.17, 15) is 33.3 Å². The van der Waals surface area contributed by atoms with Crippen molar-refractivity contribution in [3.63, 3.8) is 0 Å². The molecule has 0 bridgehead atoms. The van der Waals surface area contributed by atoms with Crippen LogP contribution in [0.3, 0.4) is 0 Å². The number of carbonyl (C=O) groups excluding carboxylic acids is 2. The number of thiophene rings is 1. The van der Waals surface area contributed by atoms with Crippen molar-refractivity contribution in [3.05, 3.63) is 45.1 Å². The first-order valence-electron chi connectivity index (χ1n) is 13.4. The standard InChI is InChI=1S/C28H42BrNO8S2/c1-28(2,3)27(35)38-18-30(40(4,36)37)26(34)10-8-6-5-7-9-21-22(24(33)17-23(21)32)15-12-19(31)11-13-20-14-16-25(29)39-20/h5,7,12,14-16,19,21-24,31-33H,6,8-11,13,17-18H2,1-4H3/b7-5-,15-12+/t19-,21+,22+,23-,24+/m0/s1. The van der Waals surface area contributed by atoms with E-state index in [0.717, 1.165) is 16.5 Å². The molecule has 1 aromatic rings. The van der Waals surface area contributed by atoms with Gasteiger partial charge in [0, 0.05) is 23.6 Å². The first kappa shape index (κ1) is 34.6. The van der Waals surface area contributed by atoms with Crippen molar-refractivity contribution in [2.75, 3.05) is 13.0 Å². The summed E-state index contributed by atoms with van der Waals surface area (Å²) in [6.07, 6.45) is 9.08. The zero-order chi connectivity index (χ0) is 30.1. The second kappa shape index (κ2) is 15.6. The minimum atomic E-state index is -3.90. The van der Waals surface area contributed by atoms with Gasteiger partial charge in [-0.2, -0.15) is 0 Å². The summed E-state index contributed by atoms with van der Waals surface area (Å²) in [6, 6.07) is 4.00. The number of ether oxygens (including phenoxy) is 1. The summed E-state index contributed by atoms with van der Waals surface area (Å²) in [7, 11) is -3.90. The molecule has 40 heavy (non-hydrogen) atoms. The molecule has 0 aliphatic heterocycles. The number of aliphatic hydroxyl groups excluding tert-OH is 3. The molecule has 0 radical (unpaired) electrons. The van der Waals surface area contributed by atoms with E-state index >= 15 is 0 Å². The lowest BCUT2D eigenvalue weighted by atomic mass is 9.89. The second-order valence-corrected chi connectivity index (χ2v) is 15.7. The zero-order valence-electron chi connectivity index (χ0n) is 23.5. The maximum Gasteiger partial charge on any atom is 0.312 e. The fourth-order valence-corrected chi connectivity index (χ4v) is 6.59. The maximum atomic E-state index is 12.5. The summed E-state index contributed by atoms with van der Waals surface area (Å²) in [5.74, 6) is -1.75. The third kappa shape index (κ3) is 11.4. The molecule has 3 N–H and O–H groups in total. The van der Waals surface area contributed by atoms with E-state index in [-0.39, 0.29) is 24.7 Å². The van der Waals surface area contributed by atoms with Gasteiger partial charge in [0.2, 0.25) is 15.9 Å². The number of aryl methyl sites for hydroxylation is 1. The first-order chi connectivity index (χ1) is 18.6. The van der Waals surface area contributed by atoms with E-state index in [1.54, 1.807) is 44.3 Å². The average molecular weight is 665 g/mol. The molecule has 1 aromatic heterocycles. The number of unbranched alkanes of at least 4 members (excludes halogenated alkanes) is 1. The van der Waals surface area contributed by atoms with Gasteiger partial charge in [0.05, 0.1) is 33.8 Å². The van der Waals surface area contributed by atoms with Crippen LogP contribution in [0.4, 0.5) is 0 Å². The third-order valence-corrected chi connectivity index (χ3v) is 9.52. The molecule has 1 aliphatic rings. The van der Waals surface area contributed by atoms with Gasteiger partial charge in [-0.1, -0.05) is 24.3 Å². The van der Waals surface area contributed by atoms with Crippen molar-refractivity contribution < 1.29 is 38.1 Å². The highest BCUT2D eigenvalue weighted by Crippen LogP contribution is 2.36. The molecule has 1 heterocycles. The predicted molar refractivity (Wildman–Crippen MR) is 159 cm³/mol. The van der Waals surface area contributed by atoms with Gasteiger partial charge in [0.25, 0.3) is 0 Å². The van der Waals surface area contributed by atoms with Crippen LogP contribution in [0, 0.1) is 17.3 Å². The van der Waals surface area contributed by atoms with E-state index < -0.39 is 52.4 Å². The van der Waals surface area contributed by atoms with Crippen molar-refractivity contribution in [3.8, 4) is 0 Å². The molecule has 1 fully saturated rings. The quantitative estimate of drug-likeness (QED) is 0.117. The summed E-state index contributed by atoms with van der Waals surface area (Å²) in [5.41, 5.74) is -0.823. The van der Waals surface area contributed by atoms with E-state index in [4.69, 9.17) is 4.74 Å². The third-order valence-electron chi connectivity index (χ3n) is 6.73. The number of hydrogen-bond acceptors (Lipinski definition) is 9. The van der Waals surface area contributed by atoms with Crippen LogP contribution in [-0.4, -0.2) is 71.2 Å². The lowest BCUT2D eigenvalue weighted by Gasteiger charge is -2.23. The molecular formula is C28H42BrNO8S2. The molecule has 0 saturated heterocycles. The number of halogens is 1. The molecule has 0 aromatic carbocycles. The number of aliphatic hydroxyl groups is 3. The zero-order valence-corrected chi connectivity index (χ0v) is 26.8. The largest absolute Gasteiger partial charge is 0.443 e. The number of amides is 1. The van der Waals surface area contributed by atoms with E-state index in [1.165, 1.54) is 4.88 Å². The highest BCUT2D eigenvalue weighted by molar-refractivity contribution is 9.11. The molecule has 2 rings (SSSR count). The lowest BCUT2D eigenvalue weighted by Crippen LogP contribution is -2.39. The monoisotopic (exact) mass is 663 g/mol. The van der Waals surface area contributed by atoms with Gasteiger partial charge in [0.15, 0.2) is 6.73 Å². The molecule has 5 atom stereocenters.